The van der Waals surface area contributed by atoms with Gasteiger partial charge in [-0.25, -0.2) is 18.1 Å². The summed E-state index contributed by atoms with van der Waals surface area (Å²) in [7, 11) is -4.79. The van der Waals surface area contributed by atoms with Crippen LogP contribution < -0.4 is 4.90 Å². The minimum Gasteiger partial charge on any atom is -0.282 e. The Kier molecular flexibility index (Phi) is 4.28. The third kappa shape index (κ3) is 3.04. The minimum atomic E-state index is -4.97. The van der Waals surface area contributed by atoms with Crippen LogP contribution in [-0.2, 0) is 14.8 Å². The molecule has 2 bridgehead atoms. The molecule has 10 nitrogen and oxygen atoms in total. The fourth-order valence-corrected chi connectivity index (χ4v) is 6.04. The number of nitro benzene ring substituents is 1. The molecule has 0 spiro atoms. The predicted octanol–water partition coefficient (Wildman–Crippen LogP) is 2.71. The number of anilines is 1. The topological polar surface area (TPSA) is 121 Å². The number of nitro groups is 1. The fourth-order valence-electron chi connectivity index (χ4n) is 4.58. The van der Waals surface area contributed by atoms with Gasteiger partial charge in [-0.2, -0.15) is 13.2 Å². The van der Waals surface area contributed by atoms with Gasteiger partial charge >= 0.3 is 12.2 Å². The van der Waals surface area contributed by atoms with E-state index in [9.17, 15) is 41.3 Å². The minimum absolute atomic E-state index is 0.0535. The number of imide groups is 1. The zero-order chi connectivity index (χ0) is 23.9. The van der Waals surface area contributed by atoms with Crippen LogP contribution in [0.2, 0.25) is 0 Å². The van der Waals surface area contributed by atoms with E-state index >= 15 is 0 Å². The molecule has 172 valence electrons. The third-order valence-electron chi connectivity index (χ3n) is 5.79. The van der Waals surface area contributed by atoms with Crippen molar-refractivity contribution in [3.63, 3.8) is 0 Å². The second-order valence-corrected chi connectivity index (χ2v) is 9.65. The first kappa shape index (κ1) is 21.2. The van der Waals surface area contributed by atoms with Crippen LogP contribution in [0.5, 0.6) is 0 Å². The smallest absolute Gasteiger partial charge is 0.282 e. The molecular weight excluding hydrogens is 469 g/mol. The van der Waals surface area contributed by atoms with Gasteiger partial charge in [0.05, 0.1) is 34.3 Å². The lowest BCUT2D eigenvalue weighted by molar-refractivity contribution is -0.383. The summed E-state index contributed by atoms with van der Waals surface area (Å²) in [4.78, 5) is 39.0. The van der Waals surface area contributed by atoms with E-state index in [2.05, 4.69) is 0 Å². The number of fused-ring (bicyclic) bond motifs is 5. The summed E-state index contributed by atoms with van der Waals surface area (Å²) >= 11 is 0. The molecule has 2 fully saturated rings. The molecule has 0 N–H and O–H groups in total. The van der Waals surface area contributed by atoms with Gasteiger partial charge in [0.2, 0.25) is 10.0 Å². The van der Waals surface area contributed by atoms with Crippen molar-refractivity contribution in [1.82, 2.24) is 9.21 Å². The van der Waals surface area contributed by atoms with E-state index in [0.29, 0.717) is 4.31 Å². The van der Waals surface area contributed by atoms with Crippen molar-refractivity contribution in [2.24, 2.45) is 0 Å². The fraction of sp³-hybridized carbons (Fsp3) is 0.263. The monoisotopic (exact) mass is 482 g/mol. The quantitative estimate of drug-likeness (QED) is 0.375. The summed E-state index contributed by atoms with van der Waals surface area (Å²) in [6.07, 6.45) is -5.02. The van der Waals surface area contributed by atoms with Crippen molar-refractivity contribution in [3.05, 3.63) is 57.9 Å². The van der Waals surface area contributed by atoms with E-state index in [-0.39, 0.29) is 46.5 Å². The van der Waals surface area contributed by atoms with Crippen LogP contribution >= 0.6 is 0 Å². The molecule has 5 rings (SSSR count). The highest BCUT2D eigenvalue weighted by molar-refractivity contribution is 7.89. The Balaban J connectivity index is 1.60. The van der Waals surface area contributed by atoms with E-state index in [4.69, 9.17) is 0 Å². The lowest BCUT2D eigenvalue weighted by Crippen LogP contribution is -2.44. The Morgan fingerprint density at radius 3 is 2.39 bits per heavy atom. The molecule has 2 aromatic carbocycles. The molecule has 0 aromatic heterocycles. The van der Waals surface area contributed by atoms with Gasteiger partial charge in [0, 0.05) is 17.9 Å². The second-order valence-electron chi connectivity index (χ2n) is 7.76. The van der Waals surface area contributed by atoms with Crippen LogP contribution in [0.4, 0.5) is 29.3 Å². The number of carbonyl (C=O) groups excluding carboxylic acids is 2. The normalized spacial score (nSPS) is 20.5. The largest absolute Gasteiger partial charge is 0.404 e. The Bertz CT molecular complexity index is 1400. The molecule has 33 heavy (non-hydrogen) atoms. The van der Waals surface area contributed by atoms with Crippen LogP contribution in [0, 0.1) is 10.1 Å². The first-order chi connectivity index (χ1) is 15.4. The molecule has 3 aliphatic rings. The average Bonchev–Trinajstić information content (AvgIpc) is 3.37. The maximum atomic E-state index is 13.2. The standard InChI is InChI=1S/C19H13F3N4O6S/c20-19(21,22)9-33(31,32)23-8-10-7-15(23)16-17(27)25(18(28)24(10)16)13-5-6-14(26(29)30)12-4-2-1-3-11(12)13/h1-6,10H,7-9H2. The molecule has 14 heteroatoms. The average molecular weight is 482 g/mol. The van der Waals surface area contributed by atoms with Crippen LogP contribution in [0.3, 0.4) is 0 Å². The SMILES string of the molecule is O=C1C2=C3CC(CN3S(=O)(=O)CC(F)(F)F)N2C(=O)N1c1ccc([N+](=O)[O-])c2ccccc12. The summed E-state index contributed by atoms with van der Waals surface area (Å²) in [6.45, 7) is -0.384. The summed E-state index contributed by atoms with van der Waals surface area (Å²) in [5.41, 5.74) is -0.626. The second kappa shape index (κ2) is 6.66. The number of benzene rings is 2. The van der Waals surface area contributed by atoms with E-state index in [0.717, 1.165) is 15.9 Å². The number of hydrogen-bond acceptors (Lipinski definition) is 6. The number of hydrogen-bond donors (Lipinski definition) is 0. The van der Waals surface area contributed by atoms with Gasteiger partial charge in [0.1, 0.15) is 5.70 Å². The summed E-state index contributed by atoms with van der Waals surface area (Å²) in [5.74, 6) is -2.98. The van der Waals surface area contributed by atoms with Crippen molar-refractivity contribution >= 4 is 44.1 Å². The van der Waals surface area contributed by atoms with Gasteiger partial charge in [-0.15, -0.1) is 0 Å². The van der Waals surface area contributed by atoms with Crippen molar-refractivity contribution < 1.29 is 36.1 Å². The van der Waals surface area contributed by atoms with Gasteiger partial charge < -0.3 is 0 Å². The third-order valence-corrected chi connectivity index (χ3v) is 7.52. The molecule has 1 atom stereocenters. The van der Waals surface area contributed by atoms with Crippen LogP contribution in [0.25, 0.3) is 10.8 Å². The number of rotatable bonds is 4. The Labute approximate surface area is 183 Å². The lowest BCUT2D eigenvalue weighted by atomic mass is 10.1. The number of carbonyl (C=O) groups is 2. The van der Waals surface area contributed by atoms with Crippen molar-refractivity contribution in [1.29, 1.82) is 0 Å². The zero-order valence-electron chi connectivity index (χ0n) is 16.4. The highest BCUT2D eigenvalue weighted by Gasteiger charge is 2.58. The Morgan fingerprint density at radius 2 is 1.76 bits per heavy atom. The molecular formula is C19H13F3N4O6S. The number of alkyl halides is 3. The van der Waals surface area contributed by atoms with Crippen molar-refractivity contribution in [3.8, 4) is 0 Å². The van der Waals surface area contributed by atoms with Gasteiger partial charge in [-0.05, 0) is 12.1 Å². The number of sulfonamides is 1. The van der Waals surface area contributed by atoms with Gasteiger partial charge in [0.25, 0.3) is 11.6 Å². The van der Waals surface area contributed by atoms with Crippen LogP contribution in [-0.4, -0.2) is 59.0 Å². The number of urea groups is 1. The molecule has 0 saturated carbocycles. The van der Waals surface area contributed by atoms with Crippen LogP contribution in [0.15, 0.2) is 47.8 Å². The van der Waals surface area contributed by atoms with Gasteiger partial charge in [0.15, 0.2) is 5.75 Å². The Morgan fingerprint density at radius 1 is 1.09 bits per heavy atom. The number of non-ortho nitro benzene ring substituents is 1. The lowest BCUT2D eigenvalue weighted by Gasteiger charge is -2.28. The van der Waals surface area contributed by atoms with Crippen molar-refractivity contribution in [2.45, 2.75) is 18.6 Å². The molecule has 3 heterocycles. The van der Waals surface area contributed by atoms with E-state index in [1.165, 1.54) is 18.2 Å². The number of halogens is 3. The van der Waals surface area contributed by atoms with Crippen LogP contribution in [0.1, 0.15) is 6.42 Å². The number of amides is 3. The highest BCUT2D eigenvalue weighted by atomic mass is 32.2. The molecule has 0 radical (unpaired) electrons. The summed E-state index contributed by atoms with van der Waals surface area (Å²) in [6, 6.07) is 6.86. The zero-order valence-corrected chi connectivity index (χ0v) is 17.3. The summed E-state index contributed by atoms with van der Waals surface area (Å²) < 4.78 is 63.5. The van der Waals surface area contributed by atoms with E-state index in [1.807, 2.05) is 0 Å². The molecule has 1 unspecified atom stereocenters. The highest BCUT2D eigenvalue weighted by Crippen LogP contribution is 2.47. The maximum absolute atomic E-state index is 13.2. The first-order valence-electron chi connectivity index (χ1n) is 9.55. The molecule has 0 aliphatic carbocycles. The molecule has 2 saturated heterocycles. The summed E-state index contributed by atoms with van der Waals surface area (Å²) in [5, 5.41) is 11.8. The molecule has 3 amide bonds. The van der Waals surface area contributed by atoms with E-state index < -0.39 is 44.9 Å². The molecule has 2 aromatic rings. The maximum Gasteiger partial charge on any atom is 0.404 e. The van der Waals surface area contributed by atoms with Gasteiger partial charge in [-0.3, -0.25) is 24.1 Å². The predicted molar refractivity (Wildman–Crippen MR) is 107 cm³/mol. The Hall–Kier alpha value is -3.68. The van der Waals surface area contributed by atoms with E-state index in [1.54, 1.807) is 12.1 Å². The number of nitrogens with zero attached hydrogens (tertiary/aromatic N) is 4. The first-order valence-corrected chi connectivity index (χ1v) is 11.2. The molecule has 3 aliphatic heterocycles. The van der Waals surface area contributed by atoms with Gasteiger partial charge in [-0.1, -0.05) is 18.2 Å². The van der Waals surface area contributed by atoms with Crippen molar-refractivity contribution in [2.75, 3.05) is 17.2 Å².